The Bertz CT molecular complexity index is 1540. The van der Waals surface area contributed by atoms with Crippen molar-refractivity contribution in [3.8, 4) is 0 Å². The molecule has 0 aliphatic rings. The van der Waals surface area contributed by atoms with Crippen molar-refractivity contribution in [2.24, 2.45) is 0 Å². The molecule has 1 unspecified atom stereocenters. The van der Waals surface area contributed by atoms with Crippen molar-refractivity contribution in [1.29, 1.82) is 0 Å². The maximum Gasteiger partial charge on any atom is 0.306 e. The van der Waals surface area contributed by atoms with E-state index in [0.29, 0.717) is 19.3 Å². The first-order valence-corrected chi connectivity index (χ1v) is 31.9. The van der Waals surface area contributed by atoms with E-state index in [1.165, 1.54) is 128 Å². The van der Waals surface area contributed by atoms with Crippen LogP contribution in [0.15, 0.2) is 109 Å². The van der Waals surface area contributed by atoms with Crippen LogP contribution in [-0.2, 0) is 28.6 Å². The summed E-state index contributed by atoms with van der Waals surface area (Å²) in [5.74, 6) is -0.910. The number of carbonyl (C=O) groups is 3. The van der Waals surface area contributed by atoms with Gasteiger partial charge in [0.25, 0.3) is 0 Å². The molecule has 6 heteroatoms. The van der Waals surface area contributed by atoms with Gasteiger partial charge in [-0.05, 0) is 128 Å². The van der Waals surface area contributed by atoms with Crippen LogP contribution in [-0.4, -0.2) is 37.2 Å². The standard InChI is InChI=1S/C70H118O6/c1-4-7-10-13-16-19-22-25-28-30-32-33-34-35-36-37-39-40-42-45-48-51-54-57-60-63-69(72)75-66-67(65-74-68(71)62-59-56-53-50-47-44-27-24-21-18-15-12-9-6-3)76-70(73)64-61-58-55-52-49-46-43-41-38-31-29-26-23-20-17-14-11-8-5-2/h7,10,16-17,19-20,24-29,32-33,35-36,38,41,67H,4-6,8-9,11-15,18,21-23,30-31,34,37,39-40,42-66H2,1-3H3/b10-7-,19-16-,20-17-,27-24-,28-25-,29-26-,33-32-,36-35-,41-38-. The molecule has 76 heavy (non-hydrogen) atoms. The Morgan fingerprint density at radius 3 is 0.842 bits per heavy atom. The van der Waals surface area contributed by atoms with E-state index in [4.69, 9.17) is 14.2 Å². The minimum absolute atomic E-state index is 0.0898. The summed E-state index contributed by atoms with van der Waals surface area (Å²) >= 11 is 0. The lowest BCUT2D eigenvalue weighted by Crippen LogP contribution is -2.30. The molecule has 0 aliphatic heterocycles. The number of hydrogen-bond acceptors (Lipinski definition) is 6. The van der Waals surface area contributed by atoms with Crippen LogP contribution in [0.1, 0.15) is 297 Å². The Labute approximate surface area is 470 Å². The van der Waals surface area contributed by atoms with Gasteiger partial charge in [-0.1, -0.05) is 259 Å². The Kier molecular flexibility index (Phi) is 60.3. The fraction of sp³-hybridized carbons (Fsp3) is 0.700. The molecule has 0 spiro atoms. The Balaban J connectivity index is 4.39. The van der Waals surface area contributed by atoms with Crippen molar-refractivity contribution in [3.05, 3.63) is 109 Å². The third-order valence-corrected chi connectivity index (χ3v) is 13.5. The van der Waals surface area contributed by atoms with Gasteiger partial charge in [0.1, 0.15) is 13.2 Å². The molecular formula is C70H118O6. The number of unbranched alkanes of at least 4 members (excludes halogenated alkanes) is 28. The fourth-order valence-corrected chi connectivity index (χ4v) is 8.71. The van der Waals surface area contributed by atoms with E-state index >= 15 is 0 Å². The normalized spacial score (nSPS) is 12.8. The van der Waals surface area contributed by atoms with Crippen molar-refractivity contribution in [1.82, 2.24) is 0 Å². The molecular weight excluding hydrogens is 937 g/mol. The minimum Gasteiger partial charge on any atom is -0.462 e. The summed E-state index contributed by atoms with van der Waals surface area (Å²) in [5, 5.41) is 0. The Hall–Kier alpha value is -3.93. The lowest BCUT2D eigenvalue weighted by molar-refractivity contribution is -0.167. The second-order valence-corrected chi connectivity index (χ2v) is 20.9. The molecule has 0 saturated carbocycles. The van der Waals surface area contributed by atoms with Gasteiger partial charge in [0.2, 0.25) is 0 Å². The first kappa shape index (κ1) is 72.1. The van der Waals surface area contributed by atoms with Gasteiger partial charge in [-0.15, -0.1) is 0 Å². The third kappa shape index (κ3) is 60.9. The molecule has 0 aromatic rings. The number of rotatable bonds is 57. The molecule has 0 N–H and O–H groups in total. The third-order valence-electron chi connectivity index (χ3n) is 13.5. The average molecular weight is 1060 g/mol. The van der Waals surface area contributed by atoms with E-state index in [9.17, 15) is 14.4 Å². The van der Waals surface area contributed by atoms with Gasteiger partial charge in [-0.25, -0.2) is 0 Å². The van der Waals surface area contributed by atoms with E-state index < -0.39 is 6.10 Å². The molecule has 0 radical (unpaired) electrons. The summed E-state index contributed by atoms with van der Waals surface area (Å²) < 4.78 is 16.9. The SMILES string of the molecule is CC/C=C\C/C=C\C/C=C\C/C=C\C/C=C\CCCCCCCCCCCC(=O)OCC(COC(=O)CCCCCCC/C=C\CCCCCCC)OC(=O)CCCCCCCC/C=C\C/C=C\C/C=C\CCCCC. The summed E-state index contributed by atoms with van der Waals surface area (Å²) in [6.45, 7) is 6.48. The average Bonchev–Trinajstić information content (AvgIpc) is 3.42. The first-order chi connectivity index (χ1) is 37.5. The fourth-order valence-electron chi connectivity index (χ4n) is 8.71. The Morgan fingerprint density at radius 2 is 0.513 bits per heavy atom. The lowest BCUT2D eigenvalue weighted by Gasteiger charge is -2.18. The van der Waals surface area contributed by atoms with E-state index in [1.54, 1.807) is 0 Å². The zero-order valence-electron chi connectivity index (χ0n) is 49.7. The van der Waals surface area contributed by atoms with Crippen molar-refractivity contribution in [3.63, 3.8) is 0 Å². The van der Waals surface area contributed by atoms with Gasteiger partial charge in [0, 0.05) is 19.3 Å². The quantitative estimate of drug-likeness (QED) is 0.0261. The van der Waals surface area contributed by atoms with Crippen LogP contribution >= 0.6 is 0 Å². The highest BCUT2D eigenvalue weighted by atomic mass is 16.6. The maximum atomic E-state index is 12.9. The molecule has 1 atom stereocenters. The summed E-state index contributed by atoms with van der Waals surface area (Å²) in [7, 11) is 0. The first-order valence-electron chi connectivity index (χ1n) is 31.9. The summed E-state index contributed by atoms with van der Waals surface area (Å²) in [4.78, 5) is 38.3. The van der Waals surface area contributed by atoms with E-state index in [1.807, 2.05) is 0 Å². The van der Waals surface area contributed by atoms with Crippen LogP contribution in [0.2, 0.25) is 0 Å². The van der Waals surface area contributed by atoms with Crippen LogP contribution in [0.3, 0.4) is 0 Å². The molecule has 0 rings (SSSR count). The van der Waals surface area contributed by atoms with Gasteiger partial charge in [-0.2, -0.15) is 0 Å². The van der Waals surface area contributed by atoms with Gasteiger partial charge in [-0.3, -0.25) is 14.4 Å². The van der Waals surface area contributed by atoms with Gasteiger partial charge < -0.3 is 14.2 Å². The van der Waals surface area contributed by atoms with E-state index in [0.717, 1.165) is 128 Å². The summed E-state index contributed by atoms with van der Waals surface area (Å²) in [5.41, 5.74) is 0. The van der Waals surface area contributed by atoms with Crippen LogP contribution in [0.4, 0.5) is 0 Å². The number of allylic oxidation sites excluding steroid dienone is 18. The monoisotopic (exact) mass is 1050 g/mol. The smallest absolute Gasteiger partial charge is 0.306 e. The molecule has 434 valence electrons. The predicted octanol–water partition coefficient (Wildman–Crippen LogP) is 21.8. The van der Waals surface area contributed by atoms with E-state index in [-0.39, 0.29) is 31.1 Å². The number of esters is 3. The summed E-state index contributed by atoms with van der Waals surface area (Å²) in [6, 6.07) is 0. The van der Waals surface area contributed by atoms with Crippen LogP contribution in [0, 0.1) is 0 Å². The highest BCUT2D eigenvalue weighted by Gasteiger charge is 2.19. The highest BCUT2D eigenvalue weighted by Crippen LogP contribution is 2.15. The largest absolute Gasteiger partial charge is 0.462 e. The van der Waals surface area contributed by atoms with E-state index in [2.05, 4.69) is 130 Å². The van der Waals surface area contributed by atoms with Crippen molar-refractivity contribution < 1.29 is 28.6 Å². The number of ether oxygens (including phenoxy) is 3. The number of hydrogen-bond donors (Lipinski definition) is 0. The topological polar surface area (TPSA) is 78.9 Å². The highest BCUT2D eigenvalue weighted by molar-refractivity contribution is 5.71. The van der Waals surface area contributed by atoms with Crippen LogP contribution < -0.4 is 0 Å². The molecule has 0 heterocycles. The summed E-state index contributed by atoms with van der Waals surface area (Å²) in [6.07, 6.45) is 86.5. The zero-order chi connectivity index (χ0) is 55.0. The second-order valence-electron chi connectivity index (χ2n) is 20.9. The van der Waals surface area contributed by atoms with Gasteiger partial charge in [0.15, 0.2) is 6.10 Å². The molecule has 0 fully saturated rings. The zero-order valence-corrected chi connectivity index (χ0v) is 49.7. The lowest BCUT2D eigenvalue weighted by atomic mass is 10.1. The van der Waals surface area contributed by atoms with Gasteiger partial charge >= 0.3 is 17.9 Å². The second kappa shape index (κ2) is 63.6. The molecule has 6 nitrogen and oxygen atoms in total. The molecule has 0 aromatic carbocycles. The van der Waals surface area contributed by atoms with Crippen molar-refractivity contribution in [2.75, 3.05) is 13.2 Å². The number of carbonyl (C=O) groups excluding carboxylic acids is 3. The Morgan fingerprint density at radius 1 is 0.276 bits per heavy atom. The maximum absolute atomic E-state index is 12.9. The predicted molar refractivity (Wildman–Crippen MR) is 330 cm³/mol. The van der Waals surface area contributed by atoms with Crippen LogP contribution in [0.5, 0.6) is 0 Å². The minimum atomic E-state index is -0.794. The molecule has 0 bridgehead atoms. The molecule has 0 aliphatic carbocycles. The van der Waals surface area contributed by atoms with Crippen molar-refractivity contribution >= 4 is 17.9 Å². The molecule has 0 saturated heterocycles. The van der Waals surface area contributed by atoms with Crippen LogP contribution in [0.25, 0.3) is 0 Å². The van der Waals surface area contributed by atoms with Gasteiger partial charge in [0.05, 0.1) is 0 Å². The molecule has 0 aromatic heterocycles. The molecule has 0 amide bonds. The van der Waals surface area contributed by atoms with Crippen molar-refractivity contribution in [2.45, 2.75) is 303 Å².